The highest BCUT2D eigenvalue weighted by atomic mass is 32.2. The van der Waals surface area contributed by atoms with Gasteiger partial charge in [-0.25, -0.2) is 0 Å². The van der Waals surface area contributed by atoms with Crippen LogP contribution in [0.1, 0.15) is 34.0 Å². The molecule has 0 unspecified atom stereocenters. The predicted octanol–water partition coefficient (Wildman–Crippen LogP) is 3.64. The molecule has 146 valence electrons. The molecule has 0 aliphatic heterocycles. The van der Waals surface area contributed by atoms with Crippen LogP contribution in [0, 0.1) is 13.8 Å². The van der Waals surface area contributed by atoms with E-state index in [9.17, 15) is 13.2 Å². The normalized spacial score (nSPS) is 11.2. The highest BCUT2D eigenvalue weighted by Crippen LogP contribution is 2.21. The number of anilines is 2. The maximum Gasteiger partial charge on any atom is 0.279 e. The fourth-order valence-corrected chi connectivity index (χ4v) is 4.09. The van der Waals surface area contributed by atoms with Crippen LogP contribution in [0.15, 0.2) is 53.7 Å². The zero-order valence-electron chi connectivity index (χ0n) is 15.9. The number of nitrogens with one attached hydrogen (secondary N) is 3. The van der Waals surface area contributed by atoms with E-state index in [-0.39, 0.29) is 10.6 Å². The molecule has 0 saturated carbocycles. The van der Waals surface area contributed by atoms with Crippen molar-refractivity contribution in [1.82, 2.24) is 10.2 Å². The number of nitrogens with zero attached hydrogens (tertiary/aromatic N) is 1. The van der Waals surface area contributed by atoms with Gasteiger partial charge in [0.1, 0.15) is 0 Å². The van der Waals surface area contributed by atoms with E-state index in [0.29, 0.717) is 11.4 Å². The zero-order valence-corrected chi connectivity index (χ0v) is 16.7. The Morgan fingerprint density at radius 2 is 1.79 bits per heavy atom. The van der Waals surface area contributed by atoms with Crippen LogP contribution in [0.2, 0.25) is 0 Å². The van der Waals surface area contributed by atoms with Crippen LogP contribution >= 0.6 is 0 Å². The highest BCUT2D eigenvalue weighted by Gasteiger charge is 2.25. The molecule has 3 aromatic rings. The molecule has 0 saturated heterocycles. The first-order valence-electron chi connectivity index (χ1n) is 8.83. The zero-order chi connectivity index (χ0) is 20.3. The molecule has 0 fully saturated rings. The van der Waals surface area contributed by atoms with Gasteiger partial charge in [-0.3, -0.25) is 14.6 Å². The van der Waals surface area contributed by atoms with E-state index in [1.807, 2.05) is 45.0 Å². The summed E-state index contributed by atoms with van der Waals surface area (Å²) in [6.07, 6.45) is 2.03. The molecule has 3 N–H and O–H groups in total. The number of hydrogen-bond acceptors (Lipinski definition) is 4. The lowest BCUT2D eigenvalue weighted by Crippen LogP contribution is -2.20. The molecule has 0 aliphatic rings. The smallest absolute Gasteiger partial charge is 0.279 e. The van der Waals surface area contributed by atoms with Crippen LogP contribution in [-0.2, 0) is 16.4 Å². The van der Waals surface area contributed by atoms with E-state index < -0.39 is 15.9 Å². The third-order valence-electron chi connectivity index (χ3n) is 4.18. The van der Waals surface area contributed by atoms with Crippen molar-refractivity contribution in [3.05, 3.63) is 70.9 Å². The van der Waals surface area contributed by atoms with Crippen molar-refractivity contribution in [1.29, 1.82) is 0 Å². The van der Waals surface area contributed by atoms with Gasteiger partial charge in [-0.15, -0.1) is 0 Å². The first kappa shape index (κ1) is 19.6. The monoisotopic (exact) mass is 398 g/mol. The van der Waals surface area contributed by atoms with Gasteiger partial charge in [0, 0.05) is 11.4 Å². The summed E-state index contributed by atoms with van der Waals surface area (Å²) in [5.41, 5.74) is 3.88. The second-order valence-corrected chi connectivity index (χ2v) is 8.22. The topological polar surface area (TPSA) is 104 Å². The minimum absolute atomic E-state index is 0.0567. The summed E-state index contributed by atoms with van der Waals surface area (Å²) in [7, 11) is -4.01. The molecule has 7 nitrogen and oxygen atoms in total. The summed E-state index contributed by atoms with van der Waals surface area (Å²) in [5.74, 6) is -0.553. The van der Waals surface area contributed by atoms with E-state index >= 15 is 0 Å². The average Bonchev–Trinajstić information content (AvgIpc) is 3.11. The molecule has 28 heavy (non-hydrogen) atoms. The van der Waals surface area contributed by atoms with E-state index in [1.165, 1.54) is 6.20 Å². The number of hydrogen-bond donors (Lipinski definition) is 3. The van der Waals surface area contributed by atoms with Crippen molar-refractivity contribution in [2.45, 2.75) is 32.2 Å². The summed E-state index contributed by atoms with van der Waals surface area (Å²) >= 11 is 0. The molecule has 0 atom stereocenters. The quantitative estimate of drug-likeness (QED) is 0.590. The molecule has 1 aromatic heterocycles. The van der Waals surface area contributed by atoms with Crippen LogP contribution in [-0.4, -0.2) is 24.5 Å². The lowest BCUT2D eigenvalue weighted by atomic mass is 10.1. The lowest BCUT2D eigenvalue weighted by Gasteiger charge is -2.10. The van der Waals surface area contributed by atoms with E-state index in [1.54, 1.807) is 18.2 Å². The molecule has 1 amide bonds. The van der Waals surface area contributed by atoms with Gasteiger partial charge in [0.25, 0.3) is 15.9 Å². The standard InChI is InChI=1S/C20H22N4O3S/c1-4-15-6-5-7-16(11-15)22-19(25)18-12-21-23-20(18)28(26,27)24-17-9-13(2)8-14(3)10-17/h5-12,24H,4H2,1-3H3,(H,21,23)(H,22,25). The summed E-state index contributed by atoms with van der Waals surface area (Å²) < 4.78 is 28.1. The maximum atomic E-state index is 12.8. The molecule has 1 heterocycles. The van der Waals surface area contributed by atoms with E-state index in [2.05, 4.69) is 20.2 Å². The van der Waals surface area contributed by atoms with Gasteiger partial charge < -0.3 is 5.32 Å². The number of benzene rings is 2. The molecule has 3 rings (SSSR count). The summed E-state index contributed by atoms with van der Waals surface area (Å²) in [6.45, 7) is 5.77. The van der Waals surface area contributed by atoms with Gasteiger partial charge in [0.15, 0.2) is 5.03 Å². The van der Waals surface area contributed by atoms with Gasteiger partial charge in [-0.2, -0.15) is 13.5 Å². The van der Waals surface area contributed by atoms with Crippen LogP contribution < -0.4 is 10.0 Å². The van der Waals surface area contributed by atoms with Crippen LogP contribution in [0.25, 0.3) is 0 Å². The number of rotatable bonds is 6. The van der Waals surface area contributed by atoms with Gasteiger partial charge in [0.2, 0.25) is 0 Å². The Labute approximate surface area is 164 Å². The minimum atomic E-state index is -4.01. The third kappa shape index (κ3) is 4.40. The van der Waals surface area contributed by atoms with Crippen molar-refractivity contribution < 1.29 is 13.2 Å². The van der Waals surface area contributed by atoms with Crippen molar-refractivity contribution in [3.63, 3.8) is 0 Å². The molecule has 2 aromatic carbocycles. The van der Waals surface area contributed by atoms with Crippen LogP contribution in [0.3, 0.4) is 0 Å². The number of H-pyrrole nitrogens is 1. The lowest BCUT2D eigenvalue weighted by molar-refractivity contribution is 0.102. The van der Waals surface area contributed by atoms with Gasteiger partial charge in [0.05, 0.1) is 11.8 Å². The Morgan fingerprint density at radius 1 is 1.07 bits per heavy atom. The predicted molar refractivity (Wildman–Crippen MR) is 109 cm³/mol. The van der Waals surface area contributed by atoms with Crippen LogP contribution in [0.5, 0.6) is 0 Å². The Morgan fingerprint density at radius 3 is 2.46 bits per heavy atom. The number of carbonyl (C=O) groups is 1. The number of sulfonamides is 1. The SMILES string of the molecule is CCc1cccc(NC(=O)c2cn[nH]c2S(=O)(=O)Nc2cc(C)cc(C)c2)c1. The first-order valence-corrected chi connectivity index (χ1v) is 10.3. The van der Waals surface area contributed by atoms with E-state index in [0.717, 1.165) is 23.1 Å². The number of aryl methyl sites for hydroxylation is 3. The van der Waals surface area contributed by atoms with Crippen molar-refractivity contribution >= 4 is 27.3 Å². The molecule has 0 aliphatic carbocycles. The summed E-state index contributed by atoms with van der Waals surface area (Å²) in [5, 5.41) is 8.62. The molecule has 0 radical (unpaired) electrons. The highest BCUT2D eigenvalue weighted by molar-refractivity contribution is 7.92. The second-order valence-electron chi connectivity index (χ2n) is 6.60. The largest absolute Gasteiger partial charge is 0.322 e. The summed E-state index contributed by atoms with van der Waals surface area (Å²) in [4.78, 5) is 12.6. The van der Waals surface area contributed by atoms with Gasteiger partial charge in [-0.05, 0) is 61.2 Å². The molecule has 0 bridgehead atoms. The Balaban J connectivity index is 1.86. The second kappa shape index (κ2) is 7.85. The Kier molecular flexibility index (Phi) is 5.51. The Hall–Kier alpha value is -3.13. The average molecular weight is 398 g/mol. The summed E-state index contributed by atoms with van der Waals surface area (Å²) in [6, 6.07) is 12.8. The number of aromatic nitrogens is 2. The fraction of sp³-hybridized carbons (Fsp3) is 0.200. The van der Waals surface area contributed by atoms with Crippen molar-refractivity contribution in [3.8, 4) is 0 Å². The van der Waals surface area contributed by atoms with Gasteiger partial charge in [-0.1, -0.05) is 25.1 Å². The Bertz CT molecular complexity index is 1100. The van der Waals surface area contributed by atoms with Gasteiger partial charge >= 0.3 is 0 Å². The van der Waals surface area contributed by atoms with Crippen molar-refractivity contribution in [2.75, 3.05) is 10.0 Å². The fourth-order valence-electron chi connectivity index (χ4n) is 2.95. The van der Waals surface area contributed by atoms with Crippen molar-refractivity contribution in [2.24, 2.45) is 0 Å². The number of carbonyl (C=O) groups excluding carboxylic acids is 1. The molecule has 0 spiro atoms. The third-order valence-corrected chi connectivity index (χ3v) is 5.54. The minimum Gasteiger partial charge on any atom is -0.322 e. The molecular formula is C20H22N4O3S. The number of aromatic amines is 1. The first-order chi connectivity index (χ1) is 13.3. The van der Waals surface area contributed by atoms with Crippen LogP contribution in [0.4, 0.5) is 11.4 Å². The number of amides is 1. The molecular weight excluding hydrogens is 376 g/mol. The molecule has 8 heteroatoms. The maximum absolute atomic E-state index is 12.8. The van der Waals surface area contributed by atoms with E-state index in [4.69, 9.17) is 0 Å².